The van der Waals surface area contributed by atoms with Crippen molar-refractivity contribution in [2.45, 2.75) is 44.1 Å². The van der Waals surface area contributed by atoms with Crippen LogP contribution in [0.4, 0.5) is 0 Å². The lowest BCUT2D eigenvalue weighted by Crippen LogP contribution is -2.44. The van der Waals surface area contributed by atoms with Crippen molar-refractivity contribution < 1.29 is 9.90 Å². The van der Waals surface area contributed by atoms with Crippen molar-refractivity contribution in [1.82, 2.24) is 5.32 Å². The van der Waals surface area contributed by atoms with Gasteiger partial charge in [0.1, 0.15) is 0 Å². The van der Waals surface area contributed by atoms with Crippen LogP contribution < -0.4 is 5.32 Å². The van der Waals surface area contributed by atoms with Crippen LogP contribution in [0.15, 0.2) is 42.5 Å². The Hall–Kier alpha value is -2.06. The van der Waals surface area contributed by atoms with Crippen LogP contribution in [-0.2, 0) is 4.79 Å². The van der Waals surface area contributed by atoms with Crippen molar-refractivity contribution in [1.29, 1.82) is 5.26 Å². The number of fused-ring (bicyclic) bond motifs is 1. The molecule has 2 fully saturated rings. The summed E-state index contributed by atoms with van der Waals surface area (Å²) in [5, 5.41) is 23.4. The number of carbonyl (C=O) groups excluding carboxylic acids is 1. The number of benzene rings is 2. The van der Waals surface area contributed by atoms with E-state index in [0.29, 0.717) is 28.5 Å². The molecule has 2 N–H and O–H groups in total. The lowest BCUT2D eigenvalue weighted by Gasteiger charge is -2.47. The summed E-state index contributed by atoms with van der Waals surface area (Å²) in [6.45, 7) is 2.03. The SMILES string of the molecule is C[C@H]1NC(=O)[C@]2(CCO)CC[C@@H](c3ccc(C#N)cc3Cl)[C@H](c3ccc(Cl)cc3)[C@H]12. The molecule has 5 atom stereocenters. The van der Waals surface area contributed by atoms with Gasteiger partial charge < -0.3 is 10.4 Å². The summed E-state index contributed by atoms with van der Waals surface area (Å²) in [5.74, 6) is 0.182. The van der Waals surface area contributed by atoms with Crippen LogP contribution in [0.2, 0.25) is 10.0 Å². The zero-order valence-corrected chi connectivity index (χ0v) is 18.2. The Balaban J connectivity index is 1.86. The fourth-order valence-electron chi connectivity index (χ4n) is 5.82. The highest BCUT2D eigenvalue weighted by Crippen LogP contribution is 2.60. The van der Waals surface area contributed by atoms with Gasteiger partial charge in [-0.1, -0.05) is 41.4 Å². The van der Waals surface area contributed by atoms with Gasteiger partial charge in [0.25, 0.3) is 0 Å². The largest absolute Gasteiger partial charge is 0.396 e. The van der Waals surface area contributed by atoms with E-state index in [1.165, 1.54) is 0 Å². The molecule has 6 heteroatoms. The molecule has 1 saturated carbocycles. The number of aliphatic hydroxyl groups is 1. The Labute approximate surface area is 186 Å². The Kier molecular flexibility index (Phi) is 5.81. The zero-order chi connectivity index (χ0) is 21.5. The minimum Gasteiger partial charge on any atom is -0.396 e. The predicted molar refractivity (Wildman–Crippen MR) is 118 cm³/mol. The number of nitriles is 1. The summed E-state index contributed by atoms with van der Waals surface area (Å²) in [6, 6.07) is 15.4. The van der Waals surface area contributed by atoms with Gasteiger partial charge in [-0.3, -0.25) is 4.79 Å². The number of halogens is 2. The van der Waals surface area contributed by atoms with Gasteiger partial charge in [-0.15, -0.1) is 0 Å². The number of rotatable bonds is 4. The van der Waals surface area contributed by atoms with E-state index in [2.05, 4.69) is 11.4 Å². The highest BCUT2D eigenvalue weighted by atomic mass is 35.5. The minimum absolute atomic E-state index is 0.0174. The first-order valence-corrected chi connectivity index (χ1v) is 11.0. The molecule has 1 aliphatic carbocycles. The van der Waals surface area contributed by atoms with Gasteiger partial charge in [0.2, 0.25) is 5.91 Å². The van der Waals surface area contributed by atoms with Crippen LogP contribution in [0.3, 0.4) is 0 Å². The van der Waals surface area contributed by atoms with Crippen LogP contribution in [0.25, 0.3) is 0 Å². The first-order chi connectivity index (χ1) is 14.4. The Morgan fingerprint density at radius 1 is 1.23 bits per heavy atom. The molecule has 1 saturated heterocycles. The number of hydrogen-bond acceptors (Lipinski definition) is 3. The van der Waals surface area contributed by atoms with Crippen molar-refractivity contribution in [2.24, 2.45) is 11.3 Å². The maximum Gasteiger partial charge on any atom is 0.226 e. The third kappa shape index (κ3) is 3.39. The minimum atomic E-state index is -0.589. The van der Waals surface area contributed by atoms with Gasteiger partial charge in [-0.2, -0.15) is 5.26 Å². The zero-order valence-electron chi connectivity index (χ0n) is 16.7. The van der Waals surface area contributed by atoms with E-state index in [1.54, 1.807) is 12.1 Å². The third-order valence-electron chi connectivity index (χ3n) is 7.05. The lowest BCUT2D eigenvalue weighted by molar-refractivity contribution is -0.132. The summed E-state index contributed by atoms with van der Waals surface area (Å²) in [6.07, 6.45) is 1.92. The summed E-state index contributed by atoms with van der Waals surface area (Å²) < 4.78 is 0. The number of nitrogens with one attached hydrogen (secondary N) is 1. The molecule has 2 aliphatic rings. The molecule has 0 unspecified atom stereocenters. The maximum atomic E-state index is 13.1. The average molecular weight is 443 g/mol. The molecule has 4 nitrogen and oxygen atoms in total. The normalized spacial score (nSPS) is 30.4. The summed E-state index contributed by atoms with van der Waals surface area (Å²) in [5.41, 5.74) is 2.05. The Morgan fingerprint density at radius 3 is 2.60 bits per heavy atom. The lowest BCUT2D eigenvalue weighted by atomic mass is 9.54. The van der Waals surface area contributed by atoms with Crippen LogP contribution in [0, 0.1) is 22.7 Å². The van der Waals surface area contributed by atoms with Crippen molar-refractivity contribution in [3.8, 4) is 6.07 Å². The van der Waals surface area contributed by atoms with E-state index in [0.717, 1.165) is 17.5 Å². The average Bonchev–Trinajstić information content (AvgIpc) is 2.98. The maximum absolute atomic E-state index is 13.1. The number of amides is 1. The van der Waals surface area contributed by atoms with E-state index < -0.39 is 5.41 Å². The molecular formula is C24H24Cl2N2O2. The van der Waals surface area contributed by atoms with Crippen molar-refractivity contribution in [2.75, 3.05) is 6.61 Å². The molecule has 1 amide bonds. The van der Waals surface area contributed by atoms with E-state index in [9.17, 15) is 15.2 Å². The first-order valence-electron chi connectivity index (χ1n) is 10.3. The van der Waals surface area contributed by atoms with Gasteiger partial charge in [-0.05, 0) is 73.4 Å². The highest BCUT2D eigenvalue weighted by Gasteiger charge is 2.59. The third-order valence-corrected chi connectivity index (χ3v) is 7.63. The van der Waals surface area contributed by atoms with Gasteiger partial charge in [0.05, 0.1) is 17.0 Å². The molecule has 0 spiro atoms. The highest BCUT2D eigenvalue weighted by molar-refractivity contribution is 6.31. The number of aliphatic hydroxyl groups excluding tert-OH is 1. The Morgan fingerprint density at radius 2 is 1.97 bits per heavy atom. The van der Waals surface area contributed by atoms with Crippen LogP contribution in [0.1, 0.15) is 54.7 Å². The number of nitrogens with zero attached hydrogens (tertiary/aromatic N) is 1. The van der Waals surface area contributed by atoms with Crippen LogP contribution in [0.5, 0.6) is 0 Å². The van der Waals surface area contributed by atoms with E-state index in [1.807, 2.05) is 37.3 Å². The fourth-order valence-corrected chi connectivity index (χ4v) is 6.27. The molecule has 1 aliphatic heterocycles. The quantitative estimate of drug-likeness (QED) is 0.696. The molecule has 0 radical (unpaired) electrons. The van der Waals surface area contributed by atoms with Gasteiger partial charge >= 0.3 is 0 Å². The predicted octanol–water partition coefficient (Wildman–Crippen LogP) is 5.03. The second-order valence-electron chi connectivity index (χ2n) is 8.49. The molecule has 1 heterocycles. The molecule has 2 aromatic carbocycles. The van der Waals surface area contributed by atoms with E-state index in [-0.39, 0.29) is 36.3 Å². The molecule has 4 rings (SSSR count). The van der Waals surface area contributed by atoms with Gasteiger partial charge in [0, 0.05) is 28.6 Å². The van der Waals surface area contributed by atoms with Gasteiger partial charge in [0.15, 0.2) is 0 Å². The van der Waals surface area contributed by atoms with Crippen LogP contribution >= 0.6 is 23.2 Å². The molecular weight excluding hydrogens is 419 g/mol. The van der Waals surface area contributed by atoms with Crippen molar-refractivity contribution in [3.63, 3.8) is 0 Å². The van der Waals surface area contributed by atoms with Crippen molar-refractivity contribution in [3.05, 3.63) is 69.2 Å². The van der Waals surface area contributed by atoms with Gasteiger partial charge in [-0.25, -0.2) is 0 Å². The van der Waals surface area contributed by atoms with Crippen LogP contribution in [-0.4, -0.2) is 23.7 Å². The molecule has 0 aromatic heterocycles. The summed E-state index contributed by atoms with van der Waals surface area (Å²) >= 11 is 12.8. The van der Waals surface area contributed by atoms with E-state index in [4.69, 9.17) is 23.2 Å². The Bertz CT molecular complexity index is 1000. The molecule has 30 heavy (non-hydrogen) atoms. The summed E-state index contributed by atoms with van der Waals surface area (Å²) in [7, 11) is 0. The molecule has 156 valence electrons. The number of hydrogen-bond donors (Lipinski definition) is 2. The fraction of sp³-hybridized carbons (Fsp3) is 0.417. The standard InChI is InChI=1S/C24H24Cl2N2O2/c1-14-22-21(16-3-5-17(25)6-4-16)19(18-7-2-15(13-27)12-20(18)26)8-9-24(22,10-11-29)23(30)28-14/h2-7,12,14,19,21-22,29H,8-11H2,1H3,(H,28,30)/t14-,19+,21+,22+,24+/m1/s1. The monoisotopic (exact) mass is 442 g/mol. The van der Waals surface area contributed by atoms with Crippen molar-refractivity contribution >= 4 is 29.1 Å². The topological polar surface area (TPSA) is 73.1 Å². The van der Waals surface area contributed by atoms with E-state index >= 15 is 0 Å². The second-order valence-corrected chi connectivity index (χ2v) is 9.33. The number of carbonyl (C=O) groups is 1. The second kappa shape index (κ2) is 8.23. The summed E-state index contributed by atoms with van der Waals surface area (Å²) in [4.78, 5) is 13.1. The smallest absolute Gasteiger partial charge is 0.226 e. The molecule has 0 bridgehead atoms. The first kappa shape index (κ1) is 21.2. The molecule has 2 aromatic rings.